The zero-order valence-corrected chi connectivity index (χ0v) is 33.3. The lowest BCUT2D eigenvalue weighted by atomic mass is 9.62. The monoisotopic (exact) mass is 821 g/mol. The number of benzene rings is 3. The van der Waals surface area contributed by atoms with Gasteiger partial charge in [-0.1, -0.05) is 98.8 Å². The maximum absolute atomic E-state index is 15.4. The highest BCUT2D eigenvalue weighted by atomic mass is 16.8. The van der Waals surface area contributed by atoms with Crippen molar-refractivity contribution in [2.45, 2.75) is 88.0 Å². The Morgan fingerprint density at radius 2 is 1.65 bits per heavy atom. The first-order valence-electron chi connectivity index (χ1n) is 20.4. The second kappa shape index (κ2) is 15.5. The normalized spacial score (nSPS) is 31.1. The number of nitrogens with zero attached hydrogens (tertiary/aromatic N) is 2. The van der Waals surface area contributed by atoms with E-state index in [1.807, 2.05) is 72.8 Å². The van der Waals surface area contributed by atoms with Gasteiger partial charge >= 0.3 is 17.9 Å². The molecule has 0 spiro atoms. The van der Waals surface area contributed by atoms with Crippen molar-refractivity contribution in [2.75, 3.05) is 26.3 Å². The van der Waals surface area contributed by atoms with Gasteiger partial charge in [0, 0.05) is 42.1 Å². The summed E-state index contributed by atoms with van der Waals surface area (Å²) in [5, 5.41) is 13.6. The number of likely N-dealkylation sites (tertiary alicyclic amines) is 1. The summed E-state index contributed by atoms with van der Waals surface area (Å²) in [7, 11) is 0. The summed E-state index contributed by atoms with van der Waals surface area (Å²) < 4.78 is 30.8. The van der Waals surface area contributed by atoms with Crippen molar-refractivity contribution in [3.8, 4) is 0 Å². The molecular formula is C45H47N3O12. The standard InChI is InChI=1S/C45H47N3O12/c1-43(2)26-55-41(53)38(43)57-33(50)19-18-27-11-9-12-28(23-27)25-48-36-40(52)56-32-24-44(36,42(54)47-21-10-17-31(47)39(51)46-20-22-49)37(60-48)35-34(32)58-45(59-35,29-13-5-3-6-14-29)30-15-7-4-8-16-30/h3-9,11-16,18-19,23,31-32,34-38,49H,10,17,20-22,24-26H2,1-2H3,(H,46,51)/t31-,32+,34+,35+,36+,37-,38+,44+/m1/s1. The molecule has 5 saturated heterocycles. The number of fused-ring (bicyclic) bond motifs is 4. The van der Waals surface area contributed by atoms with Crippen LogP contribution >= 0.6 is 0 Å². The highest BCUT2D eigenvalue weighted by Crippen LogP contribution is 2.60. The number of hydrogen-bond acceptors (Lipinski definition) is 13. The largest absolute Gasteiger partial charge is 0.462 e. The number of amides is 2. The predicted molar refractivity (Wildman–Crippen MR) is 209 cm³/mol. The highest BCUT2D eigenvalue weighted by molar-refractivity contribution is 5.96. The molecule has 0 aromatic heterocycles. The molecule has 314 valence electrons. The van der Waals surface area contributed by atoms with Crippen LogP contribution in [-0.4, -0.2) is 114 Å². The quantitative estimate of drug-likeness (QED) is 0.164. The summed E-state index contributed by atoms with van der Waals surface area (Å²) >= 11 is 0. The van der Waals surface area contributed by atoms with Crippen LogP contribution in [0.15, 0.2) is 91.0 Å². The molecule has 5 aliphatic heterocycles. The Morgan fingerprint density at radius 1 is 0.933 bits per heavy atom. The molecule has 1 aliphatic carbocycles. The minimum atomic E-state index is -1.54. The third-order valence-electron chi connectivity index (χ3n) is 12.5. The molecule has 15 heteroatoms. The van der Waals surface area contributed by atoms with E-state index in [1.165, 1.54) is 11.1 Å². The van der Waals surface area contributed by atoms with Gasteiger partial charge in [-0.2, -0.15) is 5.06 Å². The number of carbonyl (C=O) groups excluding carboxylic acids is 5. The molecule has 3 aromatic rings. The topological polar surface area (TPSA) is 179 Å². The van der Waals surface area contributed by atoms with Gasteiger partial charge in [0.15, 0.2) is 6.04 Å². The Labute approximate surface area is 346 Å². The lowest BCUT2D eigenvalue weighted by molar-refractivity contribution is -0.214. The van der Waals surface area contributed by atoms with Crippen LogP contribution < -0.4 is 5.32 Å². The number of ether oxygens (including phenoxy) is 5. The SMILES string of the molecule is CC1(C)COC(=O)[C@@H]1OC(=O)C=Cc1cccc(CN2O[C@@H]3[C@H]4OC(c5ccccc5)(c5ccccc5)O[C@H]4[C@@H]4C[C@]3(C(=O)N3CCC[C@@H]3C(=O)NCCO)[C@@H]2C(=O)O4)c1. The molecule has 15 nitrogen and oxygen atoms in total. The number of esters is 3. The molecule has 1 saturated carbocycles. The number of hydrogen-bond donors (Lipinski definition) is 2. The van der Waals surface area contributed by atoms with Gasteiger partial charge in [-0.15, -0.1) is 0 Å². The molecule has 6 aliphatic rings. The third kappa shape index (κ3) is 6.68. The number of nitrogens with one attached hydrogen (secondary N) is 1. The maximum Gasteiger partial charge on any atom is 0.348 e. The van der Waals surface area contributed by atoms with Crippen LogP contribution in [0, 0.1) is 10.8 Å². The summed E-state index contributed by atoms with van der Waals surface area (Å²) in [5.41, 5.74) is 0.535. The van der Waals surface area contributed by atoms with E-state index >= 15 is 4.79 Å². The van der Waals surface area contributed by atoms with Crippen molar-refractivity contribution < 1.29 is 57.6 Å². The summed E-state index contributed by atoms with van der Waals surface area (Å²) in [4.78, 5) is 76.7. The molecular weight excluding hydrogens is 775 g/mol. The van der Waals surface area contributed by atoms with Gasteiger partial charge in [0.2, 0.25) is 23.7 Å². The molecule has 0 unspecified atom stereocenters. The first kappa shape index (κ1) is 40.0. The predicted octanol–water partition coefficient (Wildman–Crippen LogP) is 2.78. The van der Waals surface area contributed by atoms with Gasteiger partial charge in [-0.05, 0) is 30.0 Å². The fourth-order valence-electron chi connectivity index (χ4n) is 9.75. The molecule has 0 radical (unpaired) electrons. The number of aliphatic hydroxyl groups is 1. The number of cyclic esters (lactones) is 1. The average Bonchev–Trinajstić information content (AvgIpc) is 4.04. The highest BCUT2D eigenvalue weighted by Gasteiger charge is 2.77. The van der Waals surface area contributed by atoms with Gasteiger partial charge in [-0.25, -0.2) is 9.59 Å². The van der Waals surface area contributed by atoms with Crippen LogP contribution in [0.3, 0.4) is 0 Å². The van der Waals surface area contributed by atoms with E-state index in [0.717, 1.165) is 0 Å². The first-order chi connectivity index (χ1) is 28.9. The summed E-state index contributed by atoms with van der Waals surface area (Å²) in [6.07, 6.45) is -0.827. The Balaban J connectivity index is 1.06. The van der Waals surface area contributed by atoms with Crippen molar-refractivity contribution in [3.05, 3.63) is 113 Å². The Hall–Kier alpha value is -5.45. The molecule has 8 atom stereocenters. The van der Waals surface area contributed by atoms with E-state index < -0.39 is 83.0 Å². The van der Waals surface area contributed by atoms with Crippen molar-refractivity contribution in [3.63, 3.8) is 0 Å². The molecule has 60 heavy (non-hydrogen) atoms. The summed E-state index contributed by atoms with van der Waals surface area (Å²) in [5.74, 6) is -4.18. The lowest BCUT2D eigenvalue weighted by Gasteiger charge is -2.50. The Kier molecular flexibility index (Phi) is 10.4. The van der Waals surface area contributed by atoms with Gasteiger partial charge in [0.05, 0.1) is 13.2 Å². The minimum absolute atomic E-state index is 0.0331. The van der Waals surface area contributed by atoms with E-state index in [2.05, 4.69) is 5.32 Å². The van der Waals surface area contributed by atoms with Crippen molar-refractivity contribution in [1.29, 1.82) is 0 Å². The van der Waals surface area contributed by atoms with Crippen LogP contribution in [-0.2, 0) is 64.8 Å². The van der Waals surface area contributed by atoms with Crippen LogP contribution in [0.2, 0.25) is 0 Å². The lowest BCUT2D eigenvalue weighted by Crippen LogP contribution is -2.70. The minimum Gasteiger partial charge on any atom is -0.462 e. The van der Waals surface area contributed by atoms with Gasteiger partial charge in [-0.3, -0.25) is 19.2 Å². The second-order valence-corrected chi connectivity index (χ2v) is 16.9. The molecule has 3 aromatic carbocycles. The van der Waals surface area contributed by atoms with Crippen molar-refractivity contribution >= 4 is 35.8 Å². The van der Waals surface area contributed by atoms with Crippen LogP contribution in [0.4, 0.5) is 0 Å². The first-order valence-corrected chi connectivity index (χ1v) is 20.4. The van der Waals surface area contributed by atoms with E-state index in [4.69, 9.17) is 28.5 Å². The third-order valence-corrected chi connectivity index (χ3v) is 12.5. The van der Waals surface area contributed by atoms with E-state index in [-0.39, 0.29) is 45.2 Å². The summed E-state index contributed by atoms with van der Waals surface area (Å²) in [6, 6.07) is 24.1. The number of hydroxylamine groups is 2. The smallest absolute Gasteiger partial charge is 0.348 e. The second-order valence-electron chi connectivity index (χ2n) is 16.9. The average molecular weight is 822 g/mol. The molecule has 2 amide bonds. The van der Waals surface area contributed by atoms with Crippen LogP contribution in [0.25, 0.3) is 6.08 Å². The van der Waals surface area contributed by atoms with E-state index in [0.29, 0.717) is 35.1 Å². The van der Waals surface area contributed by atoms with Gasteiger partial charge in [0.25, 0.3) is 0 Å². The molecule has 5 heterocycles. The van der Waals surface area contributed by atoms with Gasteiger partial charge < -0.3 is 39.0 Å². The molecule has 2 bridgehead atoms. The maximum atomic E-state index is 15.4. The van der Waals surface area contributed by atoms with Crippen molar-refractivity contribution in [2.24, 2.45) is 10.8 Å². The van der Waals surface area contributed by atoms with E-state index in [9.17, 15) is 24.3 Å². The van der Waals surface area contributed by atoms with Crippen LogP contribution in [0.1, 0.15) is 55.4 Å². The molecule has 9 rings (SSSR count). The zero-order valence-electron chi connectivity index (χ0n) is 33.3. The fourth-order valence-corrected chi connectivity index (χ4v) is 9.75. The van der Waals surface area contributed by atoms with E-state index in [1.54, 1.807) is 37.0 Å². The molecule has 6 fully saturated rings. The van der Waals surface area contributed by atoms with Crippen LogP contribution in [0.5, 0.6) is 0 Å². The number of rotatable bonds is 11. The Morgan fingerprint density at radius 3 is 2.33 bits per heavy atom. The molecule has 2 N–H and O–H groups in total. The van der Waals surface area contributed by atoms with Crippen molar-refractivity contribution in [1.82, 2.24) is 15.3 Å². The summed E-state index contributed by atoms with van der Waals surface area (Å²) in [6.45, 7) is 3.83. The fraction of sp³-hybridized carbons (Fsp3) is 0.444. The van der Waals surface area contributed by atoms with Gasteiger partial charge in [0.1, 0.15) is 42.5 Å². The number of aliphatic hydroxyl groups excluding tert-OH is 1. The Bertz CT molecular complexity index is 2160. The zero-order chi connectivity index (χ0) is 41.8. The number of carbonyl (C=O) groups is 5.